The zero-order valence-corrected chi connectivity index (χ0v) is 19.3. The van der Waals surface area contributed by atoms with Gasteiger partial charge in [0.1, 0.15) is 0 Å². The van der Waals surface area contributed by atoms with Gasteiger partial charge in [-0.2, -0.15) is 0 Å². The number of carbonyl (C=O) groups excluding carboxylic acids is 3. The van der Waals surface area contributed by atoms with E-state index in [1.165, 1.54) is 43.4 Å². The van der Waals surface area contributed by atoms with Crippen molar-refractivity contribution < 1.29 is 19.1 Å². The molecule has 2 amide bonds. The molecule has 0 unspecified atom stereocenters. The molecule has 0 N–H and O–H groups in total. The van der Waals surface area contributed by atoms with Crippen LogP contribution in [-0.4, -0.2) is 60.4 Å². The summed E-state index contributed by atoms with van der Waals surface area (Å²) in [6, 6.07) is 4.78. The van der Waals surface area contributed by atoms with Gasteiger partial charge in [0.25, 0.3) is 11.8 Å². The molecule has 0 aromatic heterocycles. The Morgan fingerprint density at radius 2 is 1.59 bits per heavy atom. The highest BCUT2D eigenvalue weighted by Gasteiger charge is 2.51. The third-order valence-corrected chi connectivity index (χ3v) is 8.42. The lowest BCUT2D eigenvalue weighted by molar-refractivity contribution is -0.0848. The van der Waals surface area contributed by atoms with Crippen molar-refractivity contribution in [3.05, 3.63) is 34.9 Å². The predicted molar refractivity (Wildman–Crippen MR) is 120 cm³/mol. The number of hydrogen-bond donors (Lipinski definition) is 0. The van der Waals surface area contributed by atoms with E-state index in [1.54, 1.807) is 18.2 Å². The second kappa shape index (κ2) is 8.29. The average molecular weight is 439 g/mol. The highest BCUT2D eigenvalue weighted by molar-refractivity contribution is 6.21. The largest absolute Gasteiger partial charge is 0.462 e. The number of rotatable bonds is 8. The number of imide groups is 1. The molecule has 0 spiro atoms. The molecular formula is C26H34N2O4. The maximum atomic E-state index is 12.9. The molecular weight excluding hydrogens is 404 g/mol. The highest BCUT2D eigenvalue weighted by Crippen LogP contribution is 2.60. The third kappa shape index (κ3) is 3.76. The van der Waals surface area contributed by atoms with Crippen LogP contribution in [0.4, 0.5) is 0 Å². The molecule has 4 aliphatic carbocycles. The van der Waals surface area contributed by atoms with Crippen LogP contribution >= 0.6 is 0 Å². The van der Waals surface area contributed by atoms with E-state index in [0.29, 0.717) is 36.4 Å². The summed E-state index contributed by atoms with van der Waals surface area (Å²) in [5, 5.41) is 0. The fourth-order valence-corrected chi connectivity index (χ4v) is 7.17. The number of carbonyl (C=O) groups is 3. The lowest BCUT2D eigenvalue weighted by Crippen LogP contribution is -2.48. The van der Waals surface area contributed by atoms with Gasteiger partial charge in [0.05, 0.1) is 23.3 Å². The van der Waals surface area contributed by atoms with Gasteiger partial charge in [0.2, 0.25) is 0 Å². The molecule has 4 bridgehead atoms. The van der Waals surface area contributed by atoms with Gasteiger partial charge in [-0.1, -0.05) is 13.8 Å². The zero-order valence-electron chi connectivity index (χ0n) is 19.3. The van der Waals surface area contributed by atoms with E-state index in [1.807, 2.05) is 0 Å². The van der Waals surface area contributed by atoms with Crippen molar-refractivity contribution in [1.29, 1.82) is 0 Å². The molecule has 0 saturated heterocycles. The summed E-state index contributed by atoms with van der Waals surface area (Å²) in [6.45, 7) is 7.37. The maximum Gasteiger partial charge on any atom is 0.338 e. The molecule has 5 aliphatic rings. The number of benzene rings is 1. The Labute approximate surface area is 190 Å². The zero-order chi connectivity index (χ0) is 22.5. The van der Waals surface area contributed by atoms with Crippen LogP contribution in [0.3, 0.4) is 0 Å². The SMILES string of the molecule is CCN(CC)CCN1C(=O)c2ccc(C(=O)OCC34CC5CC(CC(C5)C3)C4)cc2C1=O. The van der Waals surface area contributed by atoms with Crippen LogP contribution in [0, 0.1) is 23.2 Å². The Morgan fingerprint density at radius 1 is 1.00 bits per heavy atom. The monoisotopic (exact) mass is 438 g/mol. The summed E-state index contributed by atoms with van der Waals surface area (Å²) in [4.78, 5) is 42.0. The standard InChI is InChI=1S/C26H34N2O4/c1-3-27(4-2)7-8-28-23(29)21-6-5-20(12-22(21)24(28)30)25(31)32-16-26-13-17-9-18(14-26)11-19(10-17)15-26/h5-6,12,17-19H,3-4,7-11,13-16H2,1-2H3. The number of nitrogens with zero attached hydrogens (tertiary/aromatic N) is 2. The molecule has 6 rings (SSSR count). The van der Waals surface area contributed by atoms with Gasteiger partial charge in [0, 0.05) is 18.5 Å². The van der Waals surface area contributed by atoms with Gasteiger partial charge in [-0.05, 0) is 87.6 Å². The van der Waals surface area contributed by atoms with E-state index < -0.39 is 0 Å². The Balaban J connectivity index is 1.24. The van der Waals surface area contributed by atoms with Crippen molar-refractivity contribution in [2.24, 2.45) is 23.2 Å². The lowest BCUT2D eigenvalue weighted by atomic mass is 9.50. The molecule has 32 heavy (non-hydrogen) atoms. The topological polar surface area (TPSA) is 66.9 Å². The lowest BCUT2D eigenvalue weighted by Gasteiger charge is -2.56. The Hall–Kier alpha value is -2.21. The molecule has 4 fully saturated rings. The average Bonchev–Trinajstić information content (AvgIpc) is 3.01. The van der Waals surface area contributed by atoms with E-state index >= 15 is 0 Å². The van der Waals surface area contributed by atoms with Crippen LogP contribution < -0.4 is 0 Å². The second-order valence-electron chi connectivity index (χ2n) is 10.5. The molecule has 1 aromatic carbocycles. The van der Waals surface area contributed by atoms with E-state index in [-0.39, 0.29) is 23.2 Å². The molecule has 1 aliphatic heterocycles. The van der Waals surface area contributed by atoms with Crippen LogP contribution in [0.15, 0.2) is 18.2 Å². The Morgan fingerprint density at radius 3 is 2.19 bits per heavy atom. The molecule has 4 saturated carbocycles. The maximum absolute atomic E-state index is 12.9. The highest BCUT2D eigenvalue weighted by atomic mass is 16.5. The summed E-state index contributed by atoms with van der Waals surface area (Å²) < 4.78 is 5.81. The molecule has 0 radical (unpaired) electrons. The summed E-state index contributed by atoms with van der Waals surface area (Å²) in [7, 11) is 0. The number of likely N-dealkylation sites (N-methyl/N-ethyl adjacent to an activating group) is 1. The van der Waals surface area contributed by atoms with E-state index in [2.05, 4.69) is 18.7 Å². The summed E-state index contributed by atoms with van der Waals surface area (Å²) in [5.41, 5.74) is 1.22. The third-order valence-electron chi connectivity index (χ3n) is 8.42. The van der Waals surface area contributed by atoms with Gasteiger partial charge >= 0.3 is 5.97 Å². The number of amides is 2. The number of hydrogen-bond acceptors (Lipinski definition) is 5. The van der Waals surface area contributed by atoms with Crippen molar-refractivity contribution in [2.75, 3.05) is 32.8 Å². The smallest absolute Gasteiger partial charge is 0.338 e. The predicted octanol–water partition coefficient (Wildman–Crippen LogP) is 4.00. The Bertz CT molecular complexity index is 900. The summed E-state index contributed by atoms with van der Waals surface area (Å²) >= 11 is 0. The summed E-state index contributed by atoms with van der Waals surface area (Å²) in [5.74, 6) is 1.46. The van der Waals surface area contributed by atoms with Gasteiger partial charge in [-0.15, -0.1) is 0 Å². The number of ether oxygens (including phenoxy) is 1. The molecule has 6 nitrogen and oxygen atoms in total. The van der Waals surface area contributed by atoms with Crippen molar-refractivity contribution in [1.82, 2.24) is 9.80 Å². The quantitative estimate of drug-likeness (QED) is 0.453. The van der Waals surface area contributed by atoms with Gasteiger partial charge < -0.3 is 9.64 Å². The first-order chi connectivity index (χ1) is 15.4. The fraction of sp³-hybridized carbons (Fsp3) is 0.654. The second-order valence-corrected chi connectivity index (χ2v) is 10.5. The molecule has 172 valence electrons. The normalized spacial score (nSPS) is 30.3. The first-order valence-corrected chi connectivity index (χ1v) is 12.3. The minimum atomic E-state index is -0.384. The first kappa shape index (κ1) is 21.6. The van der Waals surface area contributed by atoms with Crippen LogP contribution in [0.1, 0.15) is 83.4 Å². The number of esters is 1. The van der Waals surface area contributed by atoms with Gasteiger partial charge in [-0.3, -0.25) is 14.5 Å². The van der Waals surface area contributed by atoms with Crippen LogP contribution in [0.2, 0.25) is 0 Å². The van der Waals surface area contributed by atoms with E-state index in [0.717, 1.165) is 30.8 Å². The van der Waals surface area contributed by atoms with Crippen LogP contribution in [0.25, 0.3) is 0 Å². The van der Waals surface area contributed by atoms with E-state index in [4.69, 9.17) is 4.74 Å². The van der Waals surface area contributed by atoms with E-state index in [9.17, 15) is 14.4 Å². The molecule has 1 aromatic rings. The fourth-order valence-electron chi connectivity index (χ4n) is 7.17. The van der Waals surface area contributed by atoms with Crippen LogP contribution in [0.5, 0.6) is 0 Å². The first-order valence-electron chi connectivity index (χ1n) is 12.3. The summed E-state index contributed by atoms with van der Waals surface area (Å²) in [6.07, 6.45) is 7.64. The van der Waals surface area contributed by atoms with Gasteiger partial charge in [-0.25, -0.2) is 4.79 Å². The molecule has 6 heteroatoms. The van der Waals surface area contributed by atoms with Crippen molar-refractivity contribution in [3.63, 3.8) is 0 Å². The van der Waals surface area contributed by atoms with Crippen molar-refractivity contribution in [2.45, 2.75) is 52.4 Å². The Kier molecular flexibility index (Phi) is 5.60. The molecule has 0 atom stereocenters. The van der Waals surface area contributed by atoms with Gasteiger partial charge in [0.15, 0.2) is 0 Å². The van der Waals surface area contributed by atoms with Crippen molar-refractivity contribution in [3.8, 4) is 0 Å². The van der Waals surface area contributed by atoms with Crippen LogP contribution in [-0.2, 0) is 4.74 Å². The number of fused-ring (bicyclic) bond motifs is 1. The minimum absolute atomic E-state index is 0.161. The van der Waals surface area contributed by atoms with Crippen molar-refractivity contribution >= 4 is 17.8 Å². The molecule has 1 heterocycles. The minimum Gasteiger partial charge on any atom is -0.462 e.